The zero-order chi connectivity index (χ0) is 20.9. The lowest BCUT2D eigenvalue weighted by atomic mass is 9.92. The zero-order valence-electron chi connectivity index (χ0n) is 17.4. The molecule has 2 aliphatic rings. The molecule has 0 aliphatic carbocycles. The summed E-state index contributed by atoms with van der Waals surface area (Å²) in [4.78, 5) is 38.0. The number of amides is 2. The summed E-state index contributed by atoms with van der Waals surface area (Å²) in [7, 11) is 1.79. The largest absolute Gasteiger partial charge is 0.352 e. The third kappa shape index (κ3) is 4.77. The predicted octanol–water partition coefficient (Wildman–Crippen LogP) is 1.10. The van der Waals surface area contributed by atoms with Crippen LogP contribution in [-0.4, -0.2) is 69.2 Å². The Bertz CT molecular complexity index is 861. The first-order valence-corrected chi connectivity index (χ1v) is 10.7. The second-order valence-electron chi connectivity index (χ2n) is 8.22. The molecular weight excluding hydrogens is 382 g/mol. The zero-order valence-corrected chi connectivity index (χ0v) is 17.4. The van der Waals surface area contributed by atoms with Crippen molar-refractivity contribution in [3.63, 3.8) is 0 Å². The van der Waals surface area contributed by atoms with E-state index in [-0.39, 0.29) is 17.7 Å². The van der Waals surface area contributed by atoms with Gasteiger partial charge >= 0.3 is 0 Å². The molecule has 2 saturated heterocycles. The first-order valence-electron chi connectivity index (χ1n) is 10.7. The van der Waals surface area contributed by atoms with Crippen molar-refractivity contribution in [2.45, 2.75) is 25.7 Å². The Morgan fingerprint density at radius 3 is 2.60 bits per heavy atom. The molecular formula is C21H29N7O2. The molecule has 4 heterocycles. The number of nitrogens with one attached hydrogen (secondary N) is 1. The summed E-state index contributed by atoms with van der Waals surface area (Å²) in [5.41, 5.74) is 0.578. The molecule has 9 heteroatoms. The van der Waals surface area contributed by atoms with Crippen molar-refractivity contribution in [2.75, 3.05) is 37.6 Å². The van der Waals surface area contributed by atoms with E-state index in [1.54, 1.807) is 42.6 Å². The maximum Gasteiger partial charge on any atom is 0.254 e. The van der Waals surface area contributed by atoms with Gasteiger partial charge in [0.25, 0.3) is 5.91 Å². The van der Waals surface area contributed by atoms with Crippen molar-refractivity contribution in [3.05, 3.63) is 36.4 Å². The number of hydrogen-bond donors (Lipinski definition) is 1. The molecule has 0 bridgehead atoms. The SMILES string of the molecule is Cn1cc(C(=O)NCC2CCN(C(=O)C3CCCN(c4ncccn4)C3)CC2)cn1. The second kappa shape index (κ2) is 9.23. The van der Waals surface area contributed by atoms with Crippen molar-refractivity contribution >= 4 is 17.8 Å². The van der Waals surface area contributed by atoms with Crippen LogP contribution < -0.4 is 10.2 Å². The minimum Gasteiger partial charge on any atom is -0.352 e. The molecule has 1 atom stereocenters. The first kappa shape index (κ1) is 20.3. The first-order chi connectivity index (χ1) is 14.6. The van der Waals surface area contributed by atoms with Crippen LogP contribution in [-0.2, 0) is 11.8 Å². The Hall–Kier alpha value is -2.97. The maximum atomic E-state index is 13.1. The monoisotopic (exact) mass is 411 g/mol. The molecule has 2 amide bonds. The minimum absolute atomic E-state index is 0.00406. The fraction of sp³-hybridized carbons (Fsp3) is 0.571. The molecule has 30 heavy (non-hydrogen) atoms. The van der Waals surface area contributed by atoms with Gasteiger partial charge in [-0.25, -0.2) is 9.97 Å². The number of likely N-dealkylation sites (tertiary alicyclic amines) is 1. The van der Waals surface area contributed by atoms with Crippen molar-refractivity contribution < 1.29 is 9.59 Å². The molecule has 0 radical (unpaired) electrons. The number of carbonyl (C=O) groups is 2. The van der Waals surface area contributed by atoms with Crippen LogP contribution in [0.5, 0.6) is 0 Å². The van der Waals surface area contributed by atoms with Crippen LogP contribution in [0, 0.1) is 11.8 Å². The number of hydrogen-bond acceptors (Lipinski definition) is 6. The molecule has 0 saturated carbocycles. The lowest BCUT2D eigenvalue weighted by molar-refractivity contribution is -0.137. The summed E-state index contributed by atoms with van der Waals surface area (Å²) in [5.74, 6) is 1.26. The average molecular weight is 412 g/mol. The van der Waals surface area contributed by atoms with E-state index in [1.165, 1.54) is 0 Å². The fourth-order valence-corrected chi connectivity index (χ4v) is 4.31. The van der Waals surface area contributed by atoms with E-state index in [1.807, 2.05) is 4.90 Å². The van der Waals surface area contributed by atoms with E-state index in [4.69, 9.17) is 0 Å². The molecule has 2 aromatic heterocycles. The molecule has 4 rings (SSSR count). The summed E-state index contributed by atoms with van der Waals surface area (Å²) in [5, 5.41) is 7.03. The van der Waals surface area contributed by atoms with E-state index < -0.39 is 0 Å². The normalized spacial score (nSPS) is 20.2. The van der Waals surface area contributed by atoms with Gasteiger partial charge in [0, 0.05) is 58.4 Å². The summed E-state index contributed by atoms with van der Waals surface area (Å²) in [6.07, 6.45) is 10.5. The number of rotatable bonds is 5. The standard InChI is InChI=1S/C21H29N7O2/c1-26-14-18(13-25-26)19(29)24-12-16-5-10-27(11-6-16)20(30)17-4-2-9-28(15-17)21-22-7-3-8-23-21/h3,7-8,13-14,16-17H,2,4-6,9-12,15H2,1H3,(H,24,29). The summed E-state index contributed by atoms with van der Waals surface area (Å²) in [6, 6.07) is 1.80. The highest BCUT2D eigenvalue weighted by molar-refractivity contribution is 5.93. The highest BCUT2D eigenvalue weighted by Crippen LogP contribution is 2.24. The molecule has 2 fully saturated rings. The molecule has 1 N–H and O–H groups in total. The van der Waals surface area contributed by atoms with Crippen LogP contribution in [0.3, 0.4) is 0 Å². The van der Waals surface area contributed by atoms with Gasteiger partial charge in [0.1, 0.15) is 0 Å². The number of aryl methyl sites for hydroxylation is 1. The highest BCUT2D eigenvalue weighted by atomic mass is 16.2. The van der Waals surface area contributed by atoms with Gasteiger partial charge in [-0.3, -0.25) is 14.3 Å². The van der Waals surface area contributed by atoms with Crippen LogP contribution >= 0.6 is 0 Å². The Balaban J connectivity index is 1.23. The molecule has 0 spiro atoms. The summed E-state index contributed by atoms with van der Waals surface area (Å²) >= 11 is 0. The Labute approximate surface area is 176 Å². The van der Waals surface area contributed by atoms with Crippen LogP contribution in [0.25, 0.3) is 0 Å². The Kier molecular flexibility index (Phi) is 6.25. The maximum absolute atomic E-state index is 13.1. The lowest BCUT2D eigenvalue weighted by Gasteiger charge is -2.37. The highest BCUT2D eigenvalue weighted by Gasteiger charge is 2.32. The fourth-order valence-electron chi connectivity index (χ4n) is 4.31. The van der Waals surface area contributed by atoms with Gasteiger partial charge < -0.3 is 15.1 Å². The van der Waals surface area contributed by atoms with E-state index in [9.17, 15) is 9.59 Å². The van der Waals surface area contributed by atoms with Gasteiger partial charge in [-0.2, -0.15) is 5.10 Å². The number of aromatic nitrogens is 4. The van der Waals surface area contributed by atoms with Gasteiger partial charge in [0.2, 0.25) is 11.9 Å². The Morgan fingerprint density at radius 2 is 1.90 bits per heavy atom. The molecule has 0 aromatic carbocycles. The number of anilines is 1. The summed E-state index contributed by atoms with van der Waals surface area (Å²) < 4.78 is 1.62. The lowest BCUT2D eigenvalue weighted by Crippen LogP contribution is -2.48. The van der Waals surface area contributed by atoms with Gasteiger partial charge in [-0.15, -0.1) is 0 Å². The molecule has 2 aromatic rings. The van der Waals surface area contributed by atoms with Crippen LogP contribution in [0.4, 0.5) is 5.95 Å². The van der Waals surface area contributed by atoms with Crippen molar-refractivity contribution in [1.29, 1.82) is 0 Å². The minimum atomic E-state index is -0.0907. The third-order valence-corrected chi connectivity index (χ3v) is 6.05. The second-order valence-corrected chi connectivity index (χ2v) is 8.22. The molecule has 9 nitrogen and oxygen atoms in total. The number of piperidine rings is 2. The Morgan fingerprint density at radius 1 is 1.13 bits per heavy atom. The van der Waals surface area contributed by atoms with Crippen molar-refractivity contribution in [2.24, 2.45) is 18.9 Å². The van der Waals surface area contributed by atoms with E-state index in [0.29, 0.717) is 30.5 Å². The van der Waals surface area contributed by atoms with E-state index in [2.05, 4.69) is 25.3 Å². The van der Waals surface area contributed by atoms with Crippen LogP contribution in [0.15, 0.2) is 30.9 Å². The predicted molar refractivity (Wildman–Crippen MR) is 112 cm³/mol. The molecule has 2 aliphatic heterocycles. The van der Waals surface area contributed by atoms with Gasteiger partial charge in [0.05, 0.1) is 17.7 Å². The third-order valence-electron chi connectivity index (χ3n) is 6.05. The smallest absolute Gasteiger partial charge is 0.254 e. The van der Waals surface area contributed by atoms with Gasteiger partial charge in [0.15, 0.2) is 0 Å². The van der Waals surface area contributed by atoms with E-state index in [0.717, 1.165) is 45.3 Å². The quantitative estimate of drug-likeness (QED) is 0.791. The van der Waals surface area contributed by atoms with E-state index >= 15 is 0 Å². The van der Waals surface area contributed by atoms with Gasteiger partial charge in [-0.05, 0) is 37.7 Å². The van der Waals surface area contributed by atoms with Crippen LogP contribution in [0.2, 0.25) is 0 Å². The molecule has 1 unspecified atom stereocenters. The number of carbonyl (C=O) groups excluding carboxylic acids is 2. The number of nitrogens with zero attached hydrogens (tertiary/aromatic N) is 6. The average Bonchev–Trinajstić information content (AvgIpc) is 3.24. The summed E-state index contributed by atoms with van der Waals surface area (Å²) in [6.45, 7) is 3.73. The van der Waals surface area contributed by atoms with Crippen LogP contribution in [0.1, 0.15) is 36.0 Å². The van der Waals surface area contributed by atoms with Crippen molar-refractivity contribution in [1.82, 2.24) is 30.0 Å². The van der Waals surface area contributed by atoms with Crippen molar-refractivity contribution in [3.8, 4) is 0 Å². The molecule has 160 valence electrons. The van der Waals surface area contributed by atoms with Gasteiger partial charge in [-0.1, -0.05) is 0 Å². The topological polar surface area (TPSA) is 96.2 Å².